The van der Waals surface area contributed by atoms with Gasteiger partial charge in [-0.3, -0.25) is 19.2 Å². The minimum atomic E-state index is -2.95. The number of aliphatic hydroxyl groups excluding tert-OH is 2. The first-order chi connectivity index (χ1) is 17.9. The Hall–Kier alpha value is -5.01. The summed E-state index contributed by atoms with van der Waals surface area (Å²) in [5, 5.41) is 54.1. The van der Waals surface area contributed by atoms with E-state index in [9.17, 15) is 49.5 Å². The van der Waals surface area contributed by atoms with Gasteiger partial charge in [0.05, 0.1) is 16.7 Å². The number of aliphatic hydroxyl groups is 2. The molecule has 192 valence electrons. The van der Waals surface area contributed by atoms with Gasteiger partial charge in [0.25, 0.3) is 5.78 Å². The van der Waals surface area contributed by atoms with Crippen LogP contribution in [0.25, 0.3) is 10.8 Å². The molecule has 1 aliphatic carbocycles. The highest BCUT2D eigenvalue weighted by atomic mass is 16.7. The van der Waals surface area contributed by atoms with E-state index in [4.69, 9.17) is 13.9 Å². The molecule has 0 fully saturated rings. The first-order valence-electron chi connectivity index (χ1n) is 10.9. The Morgan fingerprint density at radius 3 is 2.26 bits per heavy atom. The van der Waals surface area contributed by atoms with E-state index in [1.807, 2.05) is 0 Å². The summed E-state index contributed by atoms with van der Waals surface area (Å²) in [6.07, 6.45) is -3.56. The predicted octanol–water partition coefficient (Wildman–Crippen LogP) is 0.481. The maximum Gasteiger partial charge on any atom is 0.347 e. The van der Waals surface area contributed by atoms with E-state index in [-0.39, 0.29) is 28.4 Å². The van der Waals surface area contributed by atoms with E-state index in [0.717, 1.165) is 0 Å². The molecule has 13 heteroatoms. The zero-order valence-electron chi connectivity index (χ0n) is 19.0. The second-order valence-corrected chi connectivity index (χ2v) is 8.90. The number of benzene rings is 2. The Morgan fingerprint density at radius 2 is 1.58 bits per heavy atom. The number of aryl methyl sites for hydroxylation is 1. The van der Waals surface area contributed by atoms with E-state index in [1.165, 1.54) is 19.1 Å². The molecule has 2 aromatic carbocycles. The number of hydrogen-bond donors (Lipinski definition) is 5. The fourth-order valence-corrected chi connectivity index (χ4v) is 5.00. The molecule has 3 aromatic rings. The fourth-order valence-electron chi connectivity index (χ4n) is 5.00. The maximum absolute atomic E-state index is 13.6. The molecule has 5 N–H and O–H groups in total. The zero-order valence-corrected chi connectivity index (χ0v) is 19.0. The Balaban J connectivity index is 1.58. The van der Waals surface area contributed by atoms with Crippen LogP contribution < -0.4 is 15.1 Å². The molecular weight excluding hydrogens is 508 g/mol. The summed E-state index contributed by atoms with van der Waals surface area (Å²) in [6, 6.07) is 2.60. The average molecular weight is 522 g/mol. The number of carbonyl (C=O) groups excluding carboxylic acids is 4. The van der Waals surface area contributed by atoms with Gasteiger partial charge in [-0.1, -0.05) is 0 Å². The van der Waals surface area contributed by atoms with Crippen LogP contribution in [0.1, 0.15) is 48.5 Å². The van der Waals surface area contributed by atoms with Crippen LogP contribution in [0.5, 0.6) is 28.7 Å². The topological polar surface area (TPSA) is 218 Å². The summed E-state index contributed by atoms with van der Waals surface area (Å²) in [5.74, 6) is -11.0. The number of phenols is 3. The van der Waals surface area contributed by atoms with Crippen molar-refractivity contribution in [3.05, 3.63) is 62.2 Å². The first-order valence-corrected chi connectivity index (χ1v) is 10.9. The summed E-state index contributed by atoms with van der Waals surface area (Å²) in [4.78, 5) is 62.4. The van der Waals surface area contributed by atoms with Crippen molar-refractivity contribution >= 4 is 34.4 Å². The molecule has 1 spiro atoms. The molecule has 3 heterocycles. The highest BCUT2D eigenvalue weighted by Gasteiger charge is 2.64. The van der Waals surface area contributed by atoms with Crippen molar-refractivity contribution in [3.8, 4) is 28.7 Å². The quantitative estimate of drug-likeness (QED) is 0.167. The van der Waals surface area contributed by atoms with Gasteiger partial charge in [-0.05, 0) is 24.4 Å². The third-order valence-electron chi connectivity index (χ3n) is 6.74. The number of aldehydes is 1. The van der Waals surface area contributed by atoms with Gasteiger partial charge in [0.2, 0.25) is 5.78 Å². The van der Waals surface area contributed by atoms with Crippen molar-refractivity contribution in [2.75, 3.05) is 0 Å². The normalized spacial score (nSPS) is 23.4. The predicted molar refractivity (Wildman–Crippen MR) is 121 cm³/mol. The number of carbonyl (C=O) groups is 4. The monoisotopic (exact) mass is 522 g/mol. The lowest BCUT2D eigenvalue weighted by Gasteiger charge is -2.39. The summed E-state index contributed by atoms with van der Waals surface area (Å²) < 4.78 is 16.0. The second-order valence-electron chi connectivity index (χ2n) is 8.90. The van der Waals surface area contributed by atoms with Gasteiger partial charge in [0.1, 0.15) is 28.6 Å². The van der Waals surface area contributed by atoms with Crippen LogP contribution in [0.2, 0.25) is 0 Å². The molecular formula is C25H14O13. The molecule has 13 nitrogen and oxygen atoms in total. The number of ketones is 3. The van der Waals surface area contributed by atoms with Crippen LogP contribution >= 0.6 is 0 Å². The lowest BCUT2D eigenvalue weighted by Crippen LogP contribution is -2.60. The molecule has 0 amide bonds. The SMILES string of the molecule is Cc1cc2cc3c(c(O)c2c(=O)o1)O[C@@]1(Oc2c(O)c4c(c(O)c2C1=O)C(=O)C=C(C=O)C4=O)[C@@H](O)[C@@H]3O. The first kappa shape index (κ1) is 23.4. The Kier molecular flexibility index (Phi) is 4.48. The molecule has 3 aliphatic rings. The van der Waals surface area contributed by atoms with Crippen LogP contribution in [-0.2, 0) is 4.79 Å². The van der Waals surface area contributed by atoms with Crippen LogP contribution in [0, 0.1) is 6.92 Å². The van der Waals surface area contributed by atoms with E-state index < -0.39 is 92.0 Å². The summed E-state index contributed by atoms with van der Waals surface area (Å²) in [7, 11) is 0. The van der Waals surface area contributed by atoms with Crippen molar-refractivity contribution in [3.63, 3.8) is 0 Å². The number of ether oxygens (including phenoxy) is 2. The van der Waals surface area contributed by atoms with Gasteiger partial charge in [0, 0.05) is 11.6 Å². The number of aromatic hydroxyl groups is 3. The van der Waals surface area contributed by atoms with Gasteiger partial charge in [-0.2, -0.15) is 0 Å². The van der Waals surface area contributed by atoms with E-state index in [1.54, 1.807) is 0 Å². The Morgan fingerprint density at radius 1 is 0.895 bits per heavy atom. The van der Waals surface area contributed by atoms with Crippen LogP contribution in [0.4, 0.5) is 0 Å². The molecule has 1 aromatic heterocycles. The highest BCUT2D eigenvalue weighted by molar-refractivity contribution is 6.34. The van der Waals surface area contributed by atoms with Gasteiger partial charge < -0.3 is 39.4 Å². The van der Waals surface area contributed by atoms with Crippen molar-refractivity contribution in [2.24, 2.45) is 0 Å². The minimum Gasteiger partial charge on any atom is -0.506 e. The summed E-state index contributed by atoms with van der Waals surface area (Å²) >= 11 is 0. The molecule has 0 saturated carbocycles. The van der Waals surface area contributed by atoms with Crippen LogP contribution in [0.3, 0.4) is 0 Å². The van der Waals surface area contributed by atoms with Crippen molar-refractivity contribution in [1.82, 2.24) is 0 Å². The van der Waals surface area contributed by atoms with Gasteiger partial charge in [-0.15, -0.1) is 0 Å². The summed E-state index contributed by atoms with van der Waals surface area (Å²) in [5.41, 5.74) is -4.33. The Labute approximate surface area is 209 Å². The molecule has 6 rings (SSSR count). The summed E-state index contributed by atoms with van der Waals surface area (Å²) in [6.45, 7) is 1.47. The molecule has 2 aliphatic heterocycles. The third kappa shape index (κ3) is 2.63. The van der Waals surface area contributed by atoms with Crippen molar-refractivity contribution in [2.45, 2.75) is 24.9 Å². The fraction of sp³-hybridized carbons (Fsp3) is 0.160. The van der Waals surface area contributed by atoms with E-state index >= 15 is 0 Å². The van der Waals surface area contributed by atoms with Crippen LogP contribution in [0.15, 0.2) is 33.0 Å². The number of allylic oxidation sites excluding steroid dienone is 2. The molecule has 3 atom stereocenters. The minimum absolute atomic E-state index is 0.0623. The number of phenolic OH excluding ortho intramolecular Hbond substituents is 3. The second kappa shape index (κ2) is 7.27. The van der Waals surface area contributed by atoms with Crippen molar-refractivity contribution < 1.29 is 58.6 Å². The number of Topliss-reactive ketones (excluding diaryl/α,β-unsaturated/α-hetero) is 2. The highest BCUT2D eigenvalue weighted by Crippen LogP contribution is 2.56. The molecule has 0 radical (unpaired) electrons. The lowest BCUT2D eigenvalue weighted by atomic mass is 9.84. The van der Waals surface area contributed by atoms with E-state index in [0.29, 0.717) is 6.08 Å². The standard InChI is InChI=1S/C25H14O13/c1-6-2-7-3-9-16(29)23(34)25(37-20(9)18(31)11(7)24(35)36-6)22(33)14-17(30)12-10(27)4-8(5-26)15(28)13(12)19(32)21(14)38-25/h2-5,16,23,29-32,34H,1H3/t16-,23+,25+/m1/s1. The molecule has 0 unspecified atom stereocenters. The van der Waals surface area contributed by atoms with Gasteiger partial charge >= 0.3 is 11.4 Å². The Bertz CT molecular complexity index is 1790. The largest absolute Gasteiger partial charge is 0.506 e. The number of fused-ring (bicyclic) bond motifs is 4. The number of rotatable bonds is 1. The molecule has 38 heavy (non-hydrogen) atoms. The average Bonchev–Trinajstić information content (AvgIpc) is 3.16. The zero-order chi connectivity index (χ0) is 27.4. The maximum atomic E-state index is 13.6. The third-order valence-corrected chi connectivity index (χ3v) is 6.74. The lowest BCUT2D eigenvalue weighted by molar-refractivity contribution is -0.190. The molecule has 0 bridgehead atoms. The van der Waals surface area contributed by atoms with E-state index in [2.05, 4.69) is 0 Å². The van der Waals surface area contributed by atoms with Gasteiger partial charge in [0.15, 0.2) is 41.2 Å². The van der Waals surface area contributed by atoms with Crippen LogP contribution in [-0.4, -0.2) is 61.1 Å². The number of hydrogen-bond acceptors (Lipinski definition) is 13. The smallest absolute Gasteiger partial charge is 0.347 e. The van der Waals surface area contributed by atoms with Gasteiger partial charge in [-0.25, -0.2) is 4.79 Å². The van der Waals surface area contributed by atoms with Crippen molar-refractivity contribution in [1.29, 1.82) is 0 Å². The molecule has 0 saturated heterocycles.